The quantitative estimate of drug-likeness (QED) is 0.747. The molecule has 0 aliphatic carbocycles. The smallest absolute Gasteiger partial charge is 0.339 e. The lowest BCUT2D eigenvalue weighted by Crippen LogP contribution is -2.08. The van der Waals surface area contributed by atoms with Crippen molar-refractivity contribution in [2.75, 3.05) is 14.2 Å². The van der Waals surface area contributed by atoms with E-state index in [0.717, 1.165) is 6.20 Å². The van der Waals surface area contributed by atoms with Crippen LogP contribution in [0.5, 0.6) is 5.75 Å². The van der Waals surface area contributed by atoms with Gasteiger partial charge in [0.2, 0.25) is 0 Å². The molecule has 6 heteroatoms. The molecule has 0 bridgehead atoms. The maximum atomic E-state index is 12.6. The monoisotopic (exact) mass is 231 g/mol. The number of esters is 1. The summed E-state index contributed by atoms with van der Waals surface area (Å²) in [6.07, 6.45) is -1.69. The zero-order valence-corrected chi connectivity index (χ0v) is 9.08. The van der Waals surface area contributed by atoms with E-state index in [-0.39, 0.29) is 11.3 Å². The predicted molar refractivity (Wildman–Crippen MR) is 51.8 cm³/mol. The van der Waals surface area contributed by atoms with Crippen LogP contribution in [0.2, 0.25) is 0 Å². The highest BCUT2D eigenvalue weighted by atomic mass is 19.3. The van der Waals surface area contributed by atoms with Crippen LogP contribution in [0.1, 0.15) is 28.0 Å². The van der Waals surface area contributed by atoms with Crippen molar-refractivity contribution in [1.82, 2.24) is 4.98 Å². The van der Waals surface area contributed by atoms with E-state index in [1.807, 2.05) is 0 Å². The SMILES string of the molecule is COC(=O)c1cnc(C(F)F)c(OC)c1C. The summed E-state index contributed by atoms with van der Waals surface area (Å²) in [6.45, 7) is 1.50. The third-order valence-electron chi connectivity index (χ3n) is 2.13. The maximum absolute atomic E-state index is 12.6. The average molecular weight is 231 g/mol. The number of halogens is 2. The molecule has 4 nitrogen and oxygen atoms in total. The van der Waals surface area contributed by atoms with Crippen LogP contribution in [-0.2, 0) is 4.74 Å². The van der Waals surface area contributed by atoms with Crippen molar-refractivity contribution in [1.29, 1.82) is 0 Å². The number of rotatable bonds is 3. The number of hydrogen-bond donors (Lipinski definition) is 0. The molecule has 88 valence electrons. The molecule has 0 unspecified atom stereocenters. The Kier molecular flexibility index (Phi) is 3.76. The molecule has 1 heterocycles. The summed E-state index contributed by atoms with van der Waals surface area (Å²) in [5.74, 6) is -0.720. The molecular formula is C10H11F2NO3. The topological polar surface area (TPSA) is 48.4 Å². The first-order valence-electron chi connectivity index (χ1n) is 4.42. The second kappa shape index (κ2) is 4.87. The standard InChI is InChI=1S/C10H11F2NO3/c1-5-6(10(14)16-3)4-13-7(9(11)12)8(5)15-2/h4,9H,1-3H3. The summed E-state index contributed by atoms with van der Waals surface area (Å²) in [4.78, 5) is 14.8. The molecule has 0 amide bonds. The lowest BCUT2D eigenvalue weighted by Gasteiger charge is -2.12. The molecule has 0 fully saturated rings. The molecule has 1 aromatic heterocycles. The van der Waals surface area contributed by atoms with Gasteiger partial charge in [-0.05, 0) is 6.92 Å². The fourth-order valence-electron chi connectivity index (χ4n) is 1.33. The molecule has 0 saturated heterocycles. The van der Waals surface area contributed by atoms with Crippen molar-refractivity contribution in [3.05, 3.63) is 23.0 Å². The Morgan fingerprint density at radius 1 is 1.44 bits per heavy atom. The summed E-state index contributed by atoms with van der Waals surface area (Å²) in [5, 5.41) is 0. The van der Waals surface area contributed by atoms with Crippen LogP contribution in [0.15, 0.2) is 6.20 Å². The van der Waals surface area contributed by atoms with Crippen molar-refractivity contribution in [3.8, 4) is 5.75 Å². The predicted octanol–water partition coefficient (Wildman–Crippen LogP) is 2.12. The van der Waals surface area contributed by atoms with Gasteiger partial charge in [0.1, 0.15) is 11.4 Å². The zero-order valence-electron chi connectivity index (χ0n) is 9.08. The molecule has 0 radical (unpaired) electrons. The third-order valence-corrected chi connectivity index (χ3v) is 2.13. The highest BCUT2D eigenvalue weighted by molar-refractivity contribution is 5.91. The van der Waals surface area contributed by atoms with Crippen LogP contribution in [0.4, 0.5) is 8.78 Å². The van der Waals surface area contributed by atoms with Gasteiger partial charge in [-0.25, -0.2) is 13.6 Å². The number of ether oxygens (including phenoxy) is 2. The molecule has 0 N–H and O–H groups in total. The Hall–Kier alpha value is -1.72. The molecule has 1 rings (SSSR count). The minimum absolute atomic E-state index is 0.0853. The lowest BCUT2D eigenvalue weighted by atomic mass is 10.1. The van der Waals surface area contributed by atoms with Crippen LogP contribution in [0, 0.1) is 6.92 Å². The molecule has 0 aliphatic rings. The van der Waals surface area contributed by atoms with Gasteiger partial charge in [0.25, 0.3) is 6.43 Å². The van der Waals surface area contributed by atoms with Gasteiger partial charge in [-0.2, -0.15) is 0 Å². The first-order chi connectivity index (χ1) is 7.52. The van der Waals surface area contributed by atoms with Crippen LogP contribution < -0.4 is 4.74 Å². The average Bonchev–Trinajstić information content (AvgIpc) is 2.27. The number of methoxy groups -OCH3 is 2. The van der Waals surface area contributed by atoms with Crippen molar-refractivity contribution < 1.29 is 23.0 Å². The molecule has 1 aromatic rings. The Morgan fingerprint density at radius 3 is 2.50 bits per heavy atom. The molecule has 16 heavy (non-hydrogen) atoms. The second-order valence-electron chi connectivity index (χ2n) is 3.01. The van der Waals surface area contributed by atoms with Gasteiger partial charge in [-0.3, -0.25) is 4.98 Å². The van der Waals surface area contributed by atoms with Crippen molar-refractivity contribution in [3.63, 3.8) is 0 Å². The molecule has 0 atom stereocenters. The number of hydrogen-bond acceptors (Lipinski definition) is 4. The number of carbonyl (C=O) groups is 1. The van der Waals surface area contributed by atoms with Crippen molar-refractivity contribution in [2.24, 2.45) is 0 Å². The Bertz CT molecular complexity index is 407. The highest BCUT2D eigenvalue weighted by Crippen LogP contribution is 2.31. The van der Waals surface area contributed by atoms with Crippen molar-refractivity contribution >= 4 is 5.97 Å². The van der Waals surface area contributed by atoms with E-state index in [9.17, 15) is 13.6 Å². The van der Waals surface area contributed by atoms with Crippen LogP contribution in [0.25, 0.3) is 0 Å². The number of nitrogens with zero attached hydrogens (tertiary/aromatic N) is 1. The minimum atomic E-state index is -2.75. The largest absolute Gasteiger partial charge is 0.494 e. The van der Waals surface area contributed by atoms with E-state index in [4.69, 9.17) is 4.74 Å². The minimum Gasteiger partial charge on any atom is -0.494 e. The Morgan fingerprint density at radius 2 is 2.06 bits per heavy atom. The van der Waals surface area contributed by atoms with Crippen LogP contribution in [-0.4, -0.2) is 25.2 Å². The first-order valence-corrected chi connectivity index (χ1v) is 4.42. The summed E-state index contributed by atoms with van der Waals surface area (Å²) < 4.78 is 34.4. The number of aromatic nitrogens is 1. The summed E-state index contributed by atoms with van der Waals surface area (Å²) >= 11 is 0. The maximum Gasteiger partial charge on any atom is 0.339 e. The second-order valence-corrected chi connectivity index (χ2v) is 3.01. The van der Waals surface area contributed by atoms with Gasteiger partial charge < -0.3 is 9.47 Å². The third kappa shape index (κ3) is 2.10. The van der Waals surface area contributed by atoms with Gasteiger partial charge in [-0.15, -0.1) is 0 Å². The fourth-order valence-corrected chi connectivity index (χ4v) is 1.33. The fraction of sp³-hybridized carbons (Fsp3) is 0.400. The lowest BCUT2D eigenvalue weighted by molar-refractivity contribution is 0.0598. The van der Waals surface area contributed by atoms with E-state index in [1.165, 1.54) is 21.1 Å². The normalized spacial score (nSPS) is 10.4. The molecule has 0 aliphatic heterocycles. The molecule has 0 saturated carbocycles. The molecule has 0 spiro atoms. The van der Waals surface area contributed by atoms with E-state index in [1.54, 1.807) is 0 Å². The number of carbonyl (C=O) groups excluding carboxylic acids is 1. The van der Waals surface area contributed by atoms with Crippen molar-refractivity contribution in [2.45, 2.75) is 13.3 Å². The van der Waals surface area contributed by atoms with Gasteiger partial charge in [0.05, 0.1) is 19.8 Å². The van der Waals surface area contributed by atoms with Gasteiger partial charge in [0, 0.05) is 11.8 Å². The van der Waals surface area contributed by atoms with E-state index in [0.29, 0.717) is 5.56 Å². The molecular weight excluding hydrogens is 220 g/mol. The van der Waals surface area contributed by atoms with E-state index < -0.39 is 18.1 Å². The van der Waals surface area contributed by atoms with E-state index >= 15 is 0 Å². The summed E-state index contributed by atoms with van der Waals surface area (Å²) in [5.41, 5.74) is -0.0731. The van der Waals surface area contributed by atoms with Gasteiger partial charge >= 0.3 is 5.97 Å². The van der Waals surface area contributed by atoms with Crippen LogP contribution in [0.3, 0.4) is 0 Å². The van der Waals surface area contributed by atoms with Gasteiger partial charge in [-0.1, -0.05) is 0 Å². The first kappa shape index (κ1) is 12.4. The Labute approximate surface area is 91.2 Å². The van der Waals surface area contributed by atoms with Crippen LogP contribution >= 0.6 is 0 Å². The summed E-state index contributed by atoms with van der Waals surface area (Å²) in [6, 6.07) is 0. The molecule has 0 aromatic carbocycles. The zero-order chi connectivity index (χ0) is 12.3. The number of alkyl halides is 2. The van der Waals surface area contributed by atoms with Gasteiger partial charge in [0.15, 0.2) is 0 Å². The Balaban J connectivity index is 3.34. The summed E-state index contributed by atoms with van der Waals surface area (Å²) in [7, 11) is 2.45. The number of pyridine rings is 1. The van der Waals surface area contributed by atoms with E-state index in [2.05, 4.69) is 9.72 Å². The highest BCUT2D eigenvalue weighted by Gasteiger charge is 2.22.